The first-order valence-electron chi connectivity index (χ1n) is 5.37. The predicted octanol–water partition coefficient (Wildman–Crippen LogP) is 1.44. The molecular weight excluding hydrogens is 224 g/mol. The molecule has 6 heteroatoms. The number of hydrogen-bond acceptors (Lipinski definition) is 5. The van der Waals surface area contributed by atoms with Crippen molar-refractivity contribution in [2.24, 2.45) is 0 Å². The van der Waals surface area contributed by atoms with Crippen LogP contribution in [0.4, 0.5) is 11.4 Å². The van der Waals surface area contributed by atoms with Crippen LogP contribution in [0.5, 0.6) is 5.75 Å². The second kappa shape index (κ2) is 5.01. The van der Waals surface area contributed by atoms with Crippen molar-refractivity contribution < 1.29 is 14.4 Å². The number of morpholine rings is 1. The highest BCUT2D eigenvalue weighted by atomic mass is 16.6. The van der Waals surface area contributed by atoms with Crippen molar-refractivity contribution >= 4 is 11.4 Å². The number of methoxy groups -OCH3 is 1. The van der Waals surface area contributed by atoms with E-state index in [1.165, 1.54) is 13.2 Å². The van der Waals surface area contributed by atoms with Crippen LogP contribution in [0.25, 0.3) is 0 Å². The largest absolute Gasteiger partial charge is 0.496 e. The van der Waals surface area contributed by atoms with E-state index >= 15 is 0 Å². The van der Waals surface area contributed by atoms with Crippen molar-refractivity contribution in [2.75, 3.05) is 38.3 Å². The summed E-state index contributed by atoms with van der Waals surface area (Å²) in [6.07, 6.45) is 0. The second-order valence-corrected chi connectivity index (χ2v) is 3.75. The zero-order valence-corrected chi connectivity index (χ0v) is 9.59. The molecule has 0 aromatic heterocycles. The number of non-ortho nitro benzene ring substituents is 1. The normalized spacial score (nSPS) is 15.7. The molecule has 1 aliphatic heterocycles. The molecule has 0 radical (unpaired) electrons. The quantitative estimate of drug-likeness (QED) is 0.589. The zero-order chi connectivity index (χ0) is 12.3. The van der Waals surface area contributed by atoms with Gasteiger partial charge in [-0.25, -0.2) is 0 Å². The highest BCUT2D eigenvalue weighted by Gasteiger charge is 2.16. The lowest BCUT2D eigenvalue weighted by atomic mass is 10.2. The van der Waals surface area contributed by atoms with E-state index < -0.39 is 4.92 Å². The first-order chi connectivity index (χ1) is 8.20. The monoisotopic (exact) mass is 238 g/mol. The maximum Gasteiger partial charge on any atom is 0.275 e. The van der Waals surface area contributed by atoms with Crippen molar-refractivity contribution in [3.63, 3.8) is 0 Å². The van der Waals surface area contributed by atoms with Gasteiger partial charge in [-0.2, -0.15) is 0 Å². The van der Waals surface area contributed by atoms with Gasteiger partial charge in [-0.05, 0) is 0 Å². The van der Waals surface area contributed by atoms with Crippen molar-refractivity contribution in [1.82, 2.24) is 0 Å². The van der Waals surface area contributed by atoms with Crippen LogP contribution < -0.4 is 9.64 Å². The highest BCUT2D eigenvalue weighted by Crippen LogP contribution is 2.28. The van der Waals surface area contributed by atoms with Crippen LogP contribution in [0.15, 0.2) is 18.2 Å². The lowest BCUT2D eigenvalue weighted by molar-refractivity contribution is -0.384. The molecule has 1 aromatic carbocycles. The second-order valence-electron chi connectivity index (χ2n) is 3.75. The minimum atomic E-state index is -0.410. The van der Waals surface area contributed by atoms with E-state index in [1.54, 1.807) is 12.1 Å². The Balaban J connectivity index is 2.31. The molecule has 1 heterocycles. The zero-order valence-electron chi connectivity index (χ0n) is 9.59. The van der Waals surface area contributed by atoms with Gasteiger partial charge in [-0.15, -0.1) is 0 Å². The minimum absolute atomic E-state index is 0.0471. The number of ether oxygens (including phenoxy) is 2. The van der Waals surface area contributed by atoms with Gasteiger partial charge in [0.05, 0.1) is 31.3 Å². The summed E-state index contributed by atoms with van der Waals surface area (Å²) in [5.74, 6) is 0.501. The number of hydrogen-bond donors (Lipinski definition) is 0. The van der Waals surface area contributed by atoms with Gasteiger partial charge in [0, 0.05) is 30.9 Å². The van der Waals surface area contributed by atoms with E-state index in [-0.39, 0.29) is 5.69 Å². The lowest BCUT2D eigenvalue weighted by Gasteiger charge is -2.28. The van der Waals surface area contributed by atoms with Crippen molar-refractivity contribution in [1.29, 1.82) is 0 Å². The van der Waals surface area contributed by atoms with Gasteiger partial charge in [0.25, 0.3) is 5.69 Å². The molecule has 0 saturated carbocycles. The minimum Gasteiger partial charge on any atom is -0.496 e. The molecule has 17 heavy (non-hydrogen) atoms. The van der Waals surface area contributed by atoms with Gasteiger partial charge in [0.15, 0.2) is 0 Å². The van der Waals surface area contributed by atoms with Crippen LogP contribution in [-0.4, -0.2) is 38.3 Å². The molecule has 0 spiro atoms. The van der Waals surface area contributed by atoms with Gasteiger partial charge < -0.3 is 14.4 Å². The Bertz CT molecular complexity index is 416. The molecular formula is C11H14N2O4. The summed E-state index contributed by atoms with van der Waals surface area (Å²) in [5, 5.41) is 10.8. The third-order valence-electron chi connectivity index (χ3n) is 2.70. The number of benzene rings is 1. The van der Waals surface area contributed by atoms with Crippen molar-refractivity contribution in [3.05, 3.63) is 28.3 Å². The maximum atomic E-state index is 10.8. The third-order valence-corrected chi connectivity index (χ3v) is 2.70. The van der Waals surface area contributed by atoms with Crippen molar-refractivity contribution in [2.45, 2.75) is 0 Å². The topological polar surface area (TPSA) is 64.8 Å². The fourth-order valence-corrected chi connectivity index (χ4v) is 1.80. The molecule has 0 unspecified atom stereocenters. The van der Waals surface area contributed by atoms with Crippen LogP contribution in [-0.2, 0) is 4.74 Å². The van der Waals surface area contributed by atoms with Crippen LogP contribution in [0.1, 0.15) is 0 Å². The Morgan fingerprint density at radius 3 is 2.65 bits per heavy atom. The number of nitro benzene ring substituents is 1. The summed E-state index contributed by atoms with van der Waals surface area (Å²) in [5.41, 5.74) is 0.852. The summed E-state index contributed by atoms with van der Waals surface area (Å²) in [6, 6.07) is 4.79. The van der Waals surface area contributed by atoms with E-state index in [0.29, 0.717) is 19.0 Å². The average molecular weight is 238 g/mol. The number of nitrogens with zero attached hydrogens (tertiary/aromatic N) is 2. The fourth-order valence-electron chi connectivity index (χ4n) is 1.80. The standard InChI is InChI=1S/C11H14N2O4/c1-16-11-7-9(6-10(8-11)13(14)15)12-2-4-17-5-3-12/h6-8H,2-5H2,1H3. The molecule has 1 aromatic rings. The summed E-state index contributed by atoms with van der Waals surface area (Å²) < 4.78 is 10.3. The summed E-state index contributed by atoms with van der Waals surface area (Å²) in [6.45, 7) is 2.77. The van der Waals surface area contributed by atoms with E-state index in [9.17, 15) is 10.1 Å². The van der Waals surface area contributed by atoms with E-state index in [0.717, 1.165) is 18.8 Å². The van der Waals surface area contributed by atoms with Gasteiger partial charge in [0.1, 0.15) is 5.75 Å². The molecule has 2 rings (SSSR count). The van der Waals surface area contributed by atoms with Crippen molar-refractivity contribution in [3.8, 4) is 5.75 Å². The summed E-state index contributed by atoms with van der Waals surface area (Å²) in [4.78, 5) is 12.5. The molecule has 1 fully saturated rings. The van der Waals surface area contributed by atoms with Gasteiger partial charge in [-0.1, -0.05) is 0 Å². The molecule has 1 aliphatic rings. The molecule has 0 amide bonds. The van der Waals surface area contributed by atoms with E-state index in [4.69, 9.17) is 9.47 Å². The highest BCUT2D eigenvalue weighted by molar-refractivity contribution is 5.58. The number of rotatable bonds is 3. The molecule has 6 nitrogen and oxygen atoms in total. The van der Waals surface area contributed by atoms with E-state index in [2.05, 4.69) is 4.90 Å². The van der Waals surface area contributed by atoms with Crippen LogP contribution in [0.2, 0.25) is 0 Å². The van der Waals surface area contributed by atoms with Gasteiger partial charge >= 0.3 is 0 Å². The number of nitro groups is 1. The van der Waals surface area contributed by atoms with Gasteiger partial charge in [-0.3, -0.25) is 10.1 Å². The fraction of sp³-hybridized carbons (Fsp3) is 0.455. The molecule has 92 valence electrons. The average Bonchev–Trinajstić information content (AvgIpc) is 2.39. The Labute approximate surface area is 98.9 Å². The first-order valence-corrected chi connectivity index (χ1v) is 5.37. The molecule has 0 aliphatic carbocycles. The molecule has 0 bridgehead atoms. The molecule has 1 saturated heterocycles. The first kappa shape index (κ1) is 11.7. The molecule has 0 N–H and O–H groups in total. The molecule has 0 atom stereocenters. The SMILES string of the molecule is COc1cc(N2CCOCC2)cc([N+](=O)[O-])c1. The third kappa shape index (κ3) is 2.65. The smallest absolute Gasteiger partial charge is 0.275 e. The lowest BCUT2D eigenvalue weighted by Crippen LogP contribution is -2.36. The van der Waals surface area contributed by atoms with Crippen LogP contribution >= 0.6 is 0 Å². The maximum absolute atomic E-state index is 10.8. The number of anilines is 1. The Morgan fingerprint density at radius 2 is 2.06 bits per heavy atom. The Hall–Kier alpha value is -1.82. The van der Waals surface area contributed by atoms with E-state index in [1.807, 2.05) is 0 Å². The van der Waals surface area contributed by atoms with Crippen LogP contribution in [0, 0.1) is 10.1 Å². The van der Waals surface area contributed by atoms with Gasteiger partial charge in [0.2, 0.25) is 0 Å². The van der Waals surface area contributed by atoms with Crippen LogP contribution in [0.3, 0.4) is 0 Å². The Kier molecular flexibility index (Phi) is 3.43. The predicted molar refractivity (Wildman–Crippen MR) is 62.7 cm³/mol. The summed E-state index contributed by atoms with van der Waals surface area (Å²) in [7, 11) is 1.50. The Morgan fingerprint density at radius 1 is 1.35 bits per heavy atom. The summed E-state index contributed by atoms with van der Waals surface area (Å²) >= 11 is 0.